The lowest BCUT2D eigenvalue weighted by molar-refractivity contribution is -0.0394. The zero-order chi connectivity index (χ0) is 19.3. The van der Waals surface area contributed by atoms with Crippen LogP contribution in [-0.2, 0) is 11.3 Å². The summed E-state index contributed by atoms with van der Waals surface area (Å²) in [7, 11) is 0. The largest absolute Gasteiger partial charge is 0.453 e. The van der Waals surface area contributed by atoms with Gasteiger partial charge in [-0.3, -0.25) is 0 Å². The molecule has 28 heavy (non-hydrogen) atoms. The summed E-state index contributed by atoms with van der Waals surface area (Å²) in [4.78, 5) is 0. The predicted molar refractivity (Wildman–Crippen MR) is 104 cm³/mol. The van der Waals surface area contributed by atoms with E-state index in [0.717, 1.165) is 37.0 Å². The predicted octanol–water partition coefficient (Wildman–Crippen LogP) is 4.41. The van der Waals surface area contributed by atoms with Crippen LogP contribution in [0.15, 0.2) is 54.7 Å². The summed E-state index contributed by atoms with van der Waals surface area (Å²) >= 11 is 0. The number of ether oxygens (including phenoxy) is 2. The van der Waals surface area contributed by atoms with Crippen molar-refractivity contribution in [2.75, 3.05) is 6.61 Å². The van der Waals surface area contributed by atoms with Gasteiger partial charge in [0.2, 0.25) is 0 Å². The van der Waals surface area contributed by atoms with Gasteiger partial charge in [0.05, 0.1) is 24.4 Å². The zero-order valence-electron chi connectivity index (χ0n) is 15.4. The van der Waals surface area contributed by atoms with E-state index >= 15 is 0 Å². The number of nitrogens with zero attached hydrogens (tertiary/aromatic N) is 3. The maximum atomic E-state index is 9.47. The van der Waals surface area contributed by atoms with Crippen molar-refractivity contribution in [2.24, 2.45) is 0 Å². The zero-order valence-corrected chi connectivity index (χ0v) is 15.4. The Labute approximate surface area is 163 Å². The fraction of sp³-hybridized carbons (Fsp3) is 0.273. The smallest absolute Gasteiger partial charge is 0.173 e. The lowest BCUT2D eigenvalue weighted by Gasteiger charge is -2.22. The molecular weight excluding hydrogens is 354 g/mol. The van der Waals surface area contributed by atoms with Gasteiger partial charge in [0, 0.05) is 12.2 Å². The van der Waals surface area contributed by atoms with Crippen molar-refractivity contribution < 1.29 is 14.6 Å². The molecule has 6 nitrogen and oxygen atoms in total. The third kappa shape index (κ3) is 3.91. The lowest BCUT2D eigenvalue weighted by Crippen LogP contribution is -2.18. The highest BCUT2D eigenvalue weighted by Gasteiger charge is 2.21. The molecule has 1 aliphatic rings. The molecule has 3 aromatic rings. The summed E-state index contributed by atoms with van der Waals surface area (Å²) in [6.07, 6.45) is 4.83. The summed E-state index contributed by atoms with van der Waals surface area (Å²) < 4.78 is 13.8. The molecule has 0 bridgehead atoms. The molecular formula is C22H21N3O3. The fourth-order valence-electron chi connectivity index (χ4n) is 3.27. The second-order valence-corrected chi connectivity index (χ2v) is 6.74. The highest BCUT2D eigenvalue weighted by Crippen LogP contribution is 2.35. The maximum absolute atomic E-state index is 9.47. The van der Waals surface area contributed by atoms with Gasteiger partial charge >= 0.3 is 0 Å². The van der Waals surface area contributed by atoms with E-state index in [-0.39, 0.29) is 12.8 Å². The van der Waals surface area contributed by atoms with Crippen LogP contribution < -0.4 is 4.74 Å². The Hall–Kier alpha value is -3.14. The second-order valence-electron chi connectivity index (χ2n) is 6.74. The van der Waals surface area contributed by atoms with Crippen molar-refractivity contribution in [1.29, 1.82) is 5.26 Å². The molecule has 0 spiro atoms. The molecule has 0 radical (unpaired) electrons. The Kier molecular flexibility index (Phi) is 5.38. The van der Waals surface area contributed by atoms with Crippen LogP contribution in [0, 0.1) is 11.3 Å². The number of aliphatic hydroxyl groups excluding tert-OH is 1. The SMILES string of the molecule is N#Cc1ccc(Oc2cn(C3CCCCO3)nc2-c2cccc(CO)c2)cc1. The highest BCUT2D eigenvalue weighted by molar-refractivity contribution is 5.67. The third-order valence-corrected chi connectivity index (χ3v) is 4.74. The number of rotatable bonds is 5. The van der Waals surface area contributed by atoms with Crippen molar-refractivity contribution in [3.8, 4) is 28.8 Å². The molecule has 1 fully saturated rings. The van der Waals surface area contributed by atoms with Crippen LogP contribution in [0.5, 0.6) is 11.5 Å². The average molecular weight is 375 g/mol. The molecule has 2 heterocycles. The molecule has 4 rings (SSSR count). The lowest BCUT2D eigenvalue weighted by atomic mass is 10.1. The Balaban J connectivity index is 1.71. The molecule has 1 saturated heterocycles. The normalized spacial score (nSPS) is 16.5. The minimum Gasteiger partial charge on any atom is -0.453 e. The van der Waals surface area contributed by atoms with E-state index in [1.54, 1.807) is 24.3 Å². The van der Waals surface area contributed by atoms with Crippen LogP contribution in [-0.4, -0.2) is 21.5 Å². The van der Waals surface area contributed by atoms with Gasteiger partial charge < -0.3 is 14.6 Å². The van der Waals surface area contributed by atoms with Gasteiger partial charge in [-0.15, -0.1) is 0 Å². The van der Waals surface area contributed by atoms with Crippen molar-refractivity contribution in [3.63, 3.8) is 0 Å². The molecule has 6 heteroatoms. The van der Waals surface area contributed by atoms with E-state index in [0.29, 0.717) is 22.8 Å². The third-order valence-electron chi connectivity index (χ3n) is 4.74. The Morgan fingerprint density at radius 1 is 1.21 bits per heavy atom. The minimum absolute atomic E-state index is 0.0356. The summed E-state index contributed by atoms with van der Waals surface area (Å²) in [5.41, 5.74) is 2.94. The monoisotopic (exact) mass is 375 g/mol. The second kappa shape index (κ2) is 8.26. The average Bonchev–Trinajstić information content (AvgIpc) is 3.19. The van der Waals surface area contributed by atoms with Crippen LogP contribution in [0.25, 0.3) is 11.3 Å². The van der Waals surface area contributed by atoms with Crippen LogP contribution in [0.4, 0.5) is 0 Å². The molecule has 142 valence electrons. The van der Waals surface area contributed by atoms with Gasteiger partial charge in [0.25, 0.3) is 0 Å². The Bertz CT molecular complexity index is 983. The van der Waals surface area contributed by atoms with E-state index in [1.165, 1.54) is 0 Å². The molecule has 1 aliphatic heterocycles. The van der Waals surface area contributed by atoms with Gasteiger partial charge in [0.1, 0.15) is 17.7 Å². The van der Waals surface area contributed by atoms with Gasteiger partial charge in [-0.25, -0.2) is 4.68 Å². The van der Waals surface area contributed by atoms with Crippen LogP contribution in [0.2, 0.25) is 0 Å². The van der Waals surface area contributed by atoms with Gasteiger partial charge in [-0.2, -0.15) is 10.4 Å². The van der Waals surface area contributed by atoms with Crippen molar-refractivity contribution >= 4 is 0 Å². The highest BCUT2D eigenvalue weighted by atomic mass is 16.5. The molecule has 1 unspecified atom stereocenters. The number of hydrogen-bond acceptors (Lipinski definition) is 5. The number of aromatic nitrogens is 2. The van der Waals surface area contributed by atoms with E-state index < -0.39 is 0 Å². The summed E-state index contributed by atoms with van der Waals surface area (Å²) in [6.45, 7) is 0.692. The first-order valence-corrected chi connectivity index (χ1v) is 9.36. The van der Waals surface area contributed by atoms with Crippen molar-refractivity contribution in [1.82, 2.24) is 9.78 Å². The van der Waals surface area contributed by atoms with E-state index in [2.05, 4.69) is 6.07 Å². The minimum atomic E-state index is -0.105. The standard InChI is InChI=1S/C22H21N3O3/c23-13-16-7-9-19(10-8-16)28-20-14-25(21-6-1-2-11-27-21)24-22(20)18-5-3-4-17(12-18)15-26/h3-5,7-10,12,14,21,26H,1-2,6,11,15H2. The van der Waals surface area contributed by atoms with Gasteiger partial charge in [0.15, 0.2) is 5.75 Å². The molecule has 0 amide bonds. The first-order chi connectivity index (χ1) is 13.8. The summed E-state index contributed by atoms with van der Waals surface area (Å²) in [6, 6.07) is 16.7. The first-order valence-electron chi connectivity index (χ1n) is 9.36. The quantitative estimate of drug-likeness (QED) is 0.715. The van der Waals surface area contributed by atoms with Crippen LogP contribution in [0.1, 0.15) is 36.6 Å². The number of aliphatic hydroxyl groups is 1. The van der Waals surface area contributed by atoms with Gasteiger partial charge in [-0.05, 0) is 55.2 Å². The van der Waals surface area contributed by atoms with E-state index in [1.807, 2.05) is 35.1 Å². The van der Waals surface area contributed by atoms with E-state index in [9.17, 15) is 5.11 Å². The van der Waals surface area contributed by atoms with Crippen molar-refractivity contribution in [3.05, 3.63) is 65.9 Å². The molecule has 1 atom stereocenters. The molecule has 0 aliphatic carbocycles. The summed E-state index contributed by atoms with van der Waals surface area (Å²) in [5.74, 6) is 1.23. The summed E-state index contributed by atoms with van der Waals surface area (Å²) in [5, 5.41) is 23.2. The Morgan fingerprint density at radius 3 is 2.79 bits per heavy atom. The molecule has 1 aromatic heterocycles. The Morgan fingerprint density at radius 2 is 2.07 bits per heavy atom. The molecule has 1 N–H and O–H groups in total. The van der Waals surface area contributed by atoms with Gasteiger partial charge in [-0.1, -0.05) is 18.2 Å². The fourth-order valence-corrected chi connectivity index (χ4v) is 3.27. The van der Waals surface area contributed by atoms with Crippen molar-refractivity contribution in [2.45, 2.75) is 32.1 Å². The molecule has 0 saturated carbocycles. The first kappa shape index (κ1) is 18.2. The number of benzene rings is 2. The maximum Gasteiger partial charge on any atom is 0.173 e. The van der Waals surface area contributed by atoms with Crippen LogP contribution in [0.3, 0.4) is 0 Å². The number of nitriles is 1. The molecule has 2 aromatic carbocycles. The topological polar surface area (TPSA) is 80.3 Å². The number of hydrogen-bond donors (Lipinski definition) is 1. The van der Waals surface area contributed by atoms with E-state index in [4.69, 9.17) is 19.8 Å². The van der Waals surface area contributed by atoms with Crippen LogP contribution >= 0.6 is 0 Å².